The number of carbonyl (C=O) groups is 1. The van der Waals surface area contributed by atoms with Crippen LogP contribution in [0.3, 0.4) is 0 Å². The number of carboxylic acid groups (broad SMARTS) is 1. The number of carboxylic acids is 1. The molecule has 17 heavy (non-hydrogen) atoms. The molecule has 100 valence electrons. The molecule has 0 saturated carbocycles. The fourth-order valence-corrected chi connectivity index (χ4v) is 2.61. The Hall–Kier alpha value is -0.570. The predicted octanol–water partition coefficient (Wildman–Crippen LogP) is 3.00. The molecule has 1 fully saturated rings. The Balaban J connectivity index is 2.52. The lowest BCUT2D eigenvalue weighted by Crippen LogP contribution is -2.35. The second-order valence-corrected chi connectivity index (χ2v) is 6.67. The number of aliphatic carboxylic acids is 1. The van der Waals surface area contributed by atoms with Crippen molar-refractivity contribution in [3.8, 4) is 0 Å². The number of likely N-dealkylation sites (tertiary alicyclic amines) is 1. The number of nitrogens with zero attached hydrogens (tertiary/aromatic N) is 1. The second kappa shape index (κ2) is 5.38. The smallest absolute Gasteiger partial charge is 0.310 e. The Morgan fingerprint density at radius 2 is 2.06 bits per heavy atom. The van der Waals surface area contributed by atoms with Crippen molar-refractivity contribution in [2.45, 2.75) is 53.4 Å². The third-order valence-corrected chi connectivity index (χ3v) is 3.79. The van der Waals surface area contributed by atoms with Crippen LogP contribution < -0.4 is 0 Å². The standard InChI is InChI=1S/C14H27NO2/c1-5-6-14(12(16)17)8-10-15(11-14)9-7-13(2,3)4/h5-11H2,1-4H3,(H,16,17). The van der Waals surface area contributed by atoms with E-state index in [0.717, 1.165) is 45.3 Å². The molecule has 0 bridgehead atoms. The SMILES string of the molecule is CCCC1(C(=O)O)CCN(CCC(C)(C)C)C1. The van der Waals surface area contributed by atoms with E-state index in [1.807, 2.05) is 0 Å². The molecule has 1 saturated heterocycles. The van der Waals surface area contributed by atoms with Crippen LogP contribution in [0.2, 0.25) is 0 Å². The molecule has 0 aliphatic carbocycles. The van der Waals surface area contributed by atoms with Crippen LogP contribution in [-0.4, -0.2) is 35.6 Å². The Morgan fingerprint density at radius 3 is 2.53 bits per heavy atom. The molecule has 1 aliphatic heterocycles. The Morgan fingerprint density at radius 1 is 1.41 bits per heavy atom. The molecule has 0 aromatic rings. The topological polar surface area (TPSA) is 40.5 Å². The third-order valence-electron chi connectivity index (χ3n) is 3.79. The first kappa shape index (κ1) is 14.5. The Kier molecular flexibility index (Phi) is 4.59. The molecule has 3 heteroatoms. The minimum Gasteiger partial charge on any atom is -0.481 e. The highest BCUT2D eigenvalue weighted by Crippen LogP contribution is 2.36. The molecule has 0 spiro atoms. The van der Waals surface area contributed by atoms with Gasteiger partial charge in [0.15, 0.2) is 0 Å². The molecular formula is C14H27NO2. The van der Waals surface area contributed by atoms with Crippen LogP contribution in [0.5, 0.6) is 0 Å². The van der Waals surface area contributed by atoms with Crippen LogP contribution in [0.15, 0.2) is 0 Å². The van der Waals surface area contributed by atoms with E-state index < -0.39 is 11.4 Å². The first-order chi connectivity index (χ1) is 7.79. The van der Waals surface area contributed by atoms with E-state index in [0.29, 0.717) is 5.41 Å². The van der Waals surface area contributed by atoms with E-state index in [4.69, 9.17) is 0 Å². The summed E-state index contributed by atoms with van der Waals surface area (Å²) >= 11 is 0. The van der Waals surface area contributed by atoms with Gasteiger partial charge in [-0.15, -0.1) is 0 Å². The average molecular weight is 241 g/mol. The summed E-state index contributed by atoms with van der Waals surface area (Å²) in [6, 6.07) is 0. The van der Waals surface area contributed by atoms with Gasteiger partial charge in [-0.05, 0) is 37.8 Å². The average Bonchev–Trinajstić information content (AvgIpc) is 2.59. The second-order valence-electron chi connectivity index (χ2n) is 6.67. The van der Waals surface area contributed by atoms with Gasteiger partial charge in [-0.25, -0.2) is 0 Å². The van der Waals surface area contributed by atoms with Gasteiger partial charge in [0.25, 0.3) is 0 Å². The zero-order chi connectivity index (χ0) is 13.1. The highest BCUT2D eigenvalue weighted by molar-refractivity contribution is 5.75. The maximum absolute atomic E-state index is 11.4. The third kappa shape index (κ3) is 3.98. The van der Waals surface area contributed by atoms with E-state index in [2.05, 4.69) is 32.6 Å². The lowest BCUT2D eigenvalue weighted by molar-refractivity contribution is -0.148. The molecule has 1 unspecified atom stereocenters. The molecule has 0 aromatic carbocycles. The highest BCUT2D eigenvalue weighted by atomic mass is 16.4. The Labute approximate surface area is 105 Å². The summed E-state index contributed by atoms with van der Waals surface area (Å²) in [7, 11) is 0. The van der Waals surface area contributed by atoms with Crippen molar-refractivity contribution in [2.24, 2.45) is 10.8 Å². The maximum Gasteiger partial charge on any atom is 0.310 e. The van der Waals surface area contributed by atoms with Gasteiger partial charge in [-0.1, -0.05) is 34.1 Å². The quantitative estimate of drug-likeness (QED) is 0.804. The minimum absolute atomic E-state index is 0.333. The van der Waals surface area contributed by atoms with Gasteiger partial charge < -0.3 is 10.0 Å². The van der Waals surface area contributed by atoms with Crippen LogP contribution in [0.25, 0.3) is 0 Å². The molecular weight excluding hydrogens is 214 g/mol. The number of hydrogen-bond acceptors (Lipinski definition) is 2. The van der Waals surface area contributed by atoms with E-state index in [9.17, 15) is 9.90 Å². The van der Waals surface area contributed by atoms with E-state index in [1.54, 1.807) is 0 Å². The van der Waals surface area contributed by atoms with Crippen LogP contribution in [-0.2, 0) is 4.79 Å². The molecule has 0 amide bonds. The van der Waals surface area contributed by atoms with E-state index in [-0.39, 0.29) is 0 Å². The summed E-state index contributed by atoms with van der Waals surface area (Å²) < 4.78 is 0. The highest BCUT2D eigenvalue weighted by Gasteiger charge is 2.43. The lowest BCUT2D eigenvalue weighted by Gasteiger charge is -2.26. The van der Waals surface area contributed by atoms with Gasteiger partial charge in [0.05, 0.1) is 5.41 Å². The molecule has 1 N–H and O–H groups in total. The van der Waals surface area contributed by atoms with E-state index >= 15 is 0 Å². The summed E-state index contributed by atoms with van der Waals surface area (Å²) in [6.07, 6.45) is 3.73. The van der Waals surface area contributed by atoms with Crippen LogP contribution in [0, 0.1) is 10.8 Å². The lowest BCUT2D eigenvalue weighted by atomic mass is 9.83. The van der Waals surface area contributed by atoms with Gasteiger partial charge in [0.2, 0.25) is 0 Å². The van der Waals surface area contributed by atoms with E-state index in [1.165, 1.54) is 0 Å². The van der Waals surface area contributed by atoms with Crippen molar-refractivity contribution in [1.29, 1.82) is 0 Å². The van der Waals surface area contributed by atoms with Crippen LogP contribution in [0.1, 0.15) is 53.4 Å². The summed E-state index contributed by atoms with van der Waals surface area (Å²) in [5.74, 6) is -0.599. The summed E-state index contributed by atoms with van der Waals surface area (Å²) in [5.41, 5.74) is -0.133. The van der Waals surface area contributed by atoms with Gasteiger partial charge >= 0.3 is 5.97 Å². The molecule has 1 aliphatic rings. The van der Waals surface area contributed by atoms with Gasteiger partial charge in [-0.3, -0.25) is 4.79 Å². The van der Waals surface area contributed by atoms with Crippen molar-refractivity contribution in [3.05, 3.63) is 0 Å². The molecule has 1 heterocycles. The van der Waals surface area contributed by atoms with Gasteiger partial charge in [0.1, 0.15) is 0 Å². The number of hydrogen-bond donors (Lipinski definition) is 1. The number of rotatable bonds is 5. The minimum atomic E-state index is -0.599. The maximum atomic E-state index is 11.4. The summed E-state index contributed by atoms with van der Waals surface area (Å²) in [5, 5.41) is 9.41. The first-order valence-corrected chi connectivity index (χ1v) is 6.75. The molecule has 1 rings (SSSR count). The van der Waals surface area contributed by atoms with Crippen molar-refractivity contribution >= 4 is 5.97 Å². The van der Waals surface area contributed by atoms with Gasteiger partial charge in [-0.2, -0.15) is 0 Å². The zero-order valence-electron chi connectivity index (χ0n) is 11.8. The van der Waals surface area contributed by atoms with Crippen molar-refractivity contribution in [3.63, 3.8) is 0 Å². The monoisotopic (exact) mass is 241 g/mol. The molecule has 3 nitrogen and oxygen atoms in total. The van der Waals surface area contributed by atoms with Crippen LogP contribution in [0.4, 0.5) is 0 Å². The largest absolute Gasteiger partial charge is 0.481 e. The zero-order valence-corrected chi connectivity index (χ0v) is 11.8. The molecule has 0 aromatic heterocycles. The van der Waals surface area contributed by atoms with Crippen molar-refractivity contribution in [1.82, 2.24) is 4.90 Å². The molecule has 1 atom stereocenters. The fraction of sp³-hybridized carbons (Fsp3) is 0.929. The van der Waals surface area contributed by atoms with Gasteiger partial charge in [0, 0.05) is 6.54 Å². The fourth-order valence-electron chi connectivity index (χ4n) is 2.61. The molecule has 0 radical (unpaired) electrons. The summed E-state index contributed by atoms with van der Waals surface area (Å²) in [4.78, 5) is 13.8. The van der Waals surface area contributed by atoms with Crippen molar-refractivity contribution in [2.75, 3.05) is 19.6 Å². The van der Waals surface area contributed by atoms with Crippen molar-refractivity contribution < 1.29 is 9.90 Å². The predicted molar refractivity (Wildman–Crippen MR) is 70.1 cm³/mol. The first-order valence-electron chi connectivity index (χ1n) is 6.75. The Bertz CT molecular complexity index is 270. The normalized spacial score (nSPS) is 26.4. The van der Waals surface area contributed by atoms with Crippen LogP contribution >= 0.6 is 0 Å². The summed E-state index contributed by atoms with van der Waals surface area (Å²) in [6.45, 7) is 11.5.